The Hall–Kier alpha value is -3.65. The Bertz CT molecular complexity index is 1370. The van der Waals surface area contributed by atoms with Crippen molar-refractivity contribution in [3.8, 4) is 11.4 Å². The normalized spacial score (nSPS) is 12.3. The number of aromatic nitrogens is 4. The summed E-state index contributed by atoms with van der Waals surface area (Å²) in [6.45, 7) is 2.34. The van der Waals surface area contributed by atoms with E-state index >= 15 is 0 Å². The van der Waals surface area contributed by atoms with E-state index in [1.807, 2.05) is 67.6 Å². The highest BCUT2D eigenvalue weighted by Gasteiger charge is 2.22. The fourth-order valence-electron chi connectivity index (χ4n) is 3.47. The van der Waals surface area contributed by atoms with E-state index in [9.17, 15) is 4.79 Å². The van der Waals surface area contributed by atoms with Crippen molar-refractivity contribution in [3.63, 3.8) is 0 Å². The largest absolute Gasteiger partial charge is 0.467 e. The molecule has 0 aliphatic rings. The molecule has 0 aliphatic heterocycles. The highest BCUT2D eigenvalue weighted by Crippen LogP contribution is 2.29. The van der Waals surface area contributed by atoms with Crippen molar-refractivity contribution < 1.29 is 9.21 Å². The fraction of sp³-hybridized carbons (Fsp3) is 0.167. The van der Waals surface area contributed by atoms with Crippen molar-refractivity contribution in [2.45, 2.75) is 30.3 Å². The van der Waals surface area contributed by atoms with E-state index in [0.29, 0.717) is 29.7 Å². The fourth-order valence-corrected chi connectivity index (χ4v) is 4.46. The number of hydrogen-bond acceptors (Lipinski definition) is 6. The van der Waals surface area contributed by atoms with Gasteiger partial charge in [0.05, 0.1) is 23.6 Å². The molecule has 7 nitrogen and oxygen atoms in total. The van der Waals surface area contributed by atoms with Crippen LogP contribution >= 0.6 is 11.8 Å². The highest BCUT2D eigenvalue weighted by atomic mass is 32.2. The number of hydrogen-bond donors (Lipinski definition) is 1. The predicted octanol–water partition coefficient (Wildman–Crippen LogP) is 4.72. The molecule has 0 spiro atoms. The van der Waals surface area contributed by atoms with Crippen molar-refractivity contribution in [1.82, 2.24) is 24.9 Å². The van der Waals surface area contributed by atoms with Gasteiger partial charge >= 0.3 is 0 Å². The molecule has 32 heavy (non-hydrogen) atoms. The van der Waals surface area contributed by atoms with Crippen LogP contribution in [-0.2, 0) is 11.3 Å². The summed E-state index contributed by atoms with van der Waals surface area (Å²) in [6.07, 6.45) is 2.24. The summed E-state index contributed by atoms with van der Waals surface area (Å²) in [7, 11) is 0. The summed E-state index contributed by atoms with van der Waals surface area (Å²) >= 11 is 1.39. The molecule has 0 fully saturated rings. The highest BCUT2D eigenvalue weighted by molar-refractivity contribution is 8.00. The van der Waals surface area contributed by atoms with E-state index in [0.717, 1.165) is 22.1 Å². The minimum atomic E-state index is -0.328. The SMILES string of the molecule is CC[C@H](Sc1nc2ccccc2c2nc(-c3ccccc3)nn12)C(=O)NCc1ccco1. The molecule has 5 rings (SSSR count). The van der Waals surface area contributed by atoms with Crippen LogP contribution in [0.25, 0.3) is 27.9 Å². The number of fused-ring (bicyclic) bond motifs is 3. The molecule has 1 amide bonds. The predicted molar refractivity (Wildman–Crippen MR) is 124 cm³/mol. The molecule has 3 heterocycles. The van der Waals surface area contributed by atoms with Crippen LogP contribution in [-0.4, -0.2) is 30.7 Å². The molecule has 160 valence electrons. The number of nitrogens with zero attached hydrogens (tertiary/aromatic N) is 4. The lowest BCUT2D eigenvalue weighted by Gasteiger charge is -2.14. The van der Waals surface area contributed by atoms with E-state index in [-0.39, 0.29) is 11.2 Å². The smallest absolute Gasteiger partial charge is 0.233 e. The standard InChI is InChI=1S/C24H21N5O2S/c1-2-20(23(30)25-15-17-11-8-14-31-17)32-24-26-19-13-7-6-12-18(19)22-27-21(28-29(22)24)16-9-4-3-5-10-16/h3-14,20H,2,15H2,1H3,(H,25,30)/t20-/m0/s1. The minimum Gasteiger partial charge on any atom is -0.467 e. The molecule has 8 heteroatoms. The van der Waals surface area contributed by atoms with E-state index < -0.39 is 0 Å². The zero-order valence-corrected chi connectivity index (χ0v) is 18.2. The second kappa shape index (κ2) is 8.84. The Balaban J connectivity index is 1.51. The molecule has 3 aromatic heterocycles. The zero-order valence-electron chi connectivity index (χ0n) is 17.4. The number of carbonyl (C=O) groups is 1. The molecule has 0 radical (unpaired) electrons. The average molecular weight is 444 g/mol. The summed E-state index contributed by atoms with van der Waals surface area (Å²) in [4.78, 5) is 22.5. The molecule has 0 aliphatic carbocycles. The number of amides is 1. The quantitative estimate of drug-likeness (QED) is 0.289. The molecular weight excluding hydrogens is 422 g/mol. The third-order valence-electron chi connectivity index (χ3n) is 5.11. The lowest BCUT2D eigenvalue weighted by molar-refractivity contribution is -0.120. The first kappa shape index (κ1) is 20.3. The first-order chi connectivity index (χ1) is 15.7. The van der Waals surface area contributed by atoms with Crippen molar-refractivity contribution >= 4 is 34.2 Å². The average Bonchev–Trinajstić information content (AvgIpc) is 3.52. The number of rotatable bonds is 7. The monoisotopic (exact) mass is 443 g/mol. The summed E-state index contributed by atoms with van der Waals surface area (Å²) in [6, 6.07) is 21.3. The van der Waals surface area contributed by atoms with Gasteiger partial charge in [-0.05, 0) is 30.7 Å². The van der Waals surface area contributed by atoms with Crippen LogP contribution in [0.5, 0.6) is 0 Å². The van der Waals surface area contributed by atoms with Gasteiger partial charge in [-0.3, -0.25) is 4.79 Å². The van der Waals surface area contributed by atoms with Crippen LogP contribution in [0.4, 0.5) is 0 Å². The molecule has 0 saturated carbocycles. The molecule has 1 N–H and O–H groups in total. The van der Waals surface area contributed by atoms with Gasteiger partial charge in [0.25, 0.3) is 0 Å². The third kappa shape index (κ3) is 3.97. The third-order valence-corrected chi connectivity index (χ3v) is 6.42. The van der Waals surface area contributed by atoms with E-state index in [2.05, 4.69) is 5.32 Å². The first-order valence-electron chi connectivity index (χ1n) is 10.4. The maximum atomic E-state index is 12.9. The Morgan fingerprint density at radius 3 is 2.66 bits per heavy atom. The van der Waals surface area contributed by atoms with Gasteiger partial charge in [0, 0.05) is 10.9 Å². The van der Waals surface area contributed by atoms with Gasteiger partial charge in [0.2, 0.25) is 5.91 Å². The molecule has 0 bridgehead atoms. The van der Waals surface area contributed by atoms with Gasteiger partial charge in [-0.15, -0.1) is 5.10 Å². The number of benzene rings is 2. The Kier molecular flexibility index (Phi) is 5.60. The lowest BCUT2D eigenvalue weighted by Crippen LogP contribution is -2.32. The Labute approximate surface area is 188 Å². The second-order valence-electron chi connectivity index (χ2n) is 7.26. The minimum absolute atomic E-state index is 0.0691. The summed E-state index contributed by atoms with van der Waals surface area (Å²) in [5.41, 5.74) is 2.47. The Morgan fingerprint density at radius 2 is 1.88 bits per heavy atom. The van der Waals surface area contributed by atoms with Gasteiger partial charge in [-0.25, -0.2) is 9.97 Å². The lowest BCUT2D eigenvalue weighted by atomic mass is 10.2. The summed E-state index contributed by atoms with van der Waals surface area (Å²) < 4.78 is 7.06. The van der Waals surface area contributed by atoms with Crippen LogP contribution in [0.15, 0.2) is 82.6 Å². The topological polar surface area (TPSA) is 85.3 Å². The summed E-state index contributed by atoms with van der Waals surface area (Å²) in [5.74, 6) is 1.27. The number of nitrogens with one attached hydrogen (secondary N) is 1. The maximum absolute atomic E-state index is 12.9. The van der Waals surface area contributed by atoms with E-state index in [1.165, 1.54) is 11.8 Å². The van der Waals surface area contributed by atoms with Gasteiger partial charge in [0.15, 0.2) is 16.6 Å². The number of furan rings is 1. The number of carbonyl (C=O) groups excluding carboxylic acids is 1. The van der Waals surface area contributed by atoms with Crippen LogP contribution in [0.2, 0.25) is 0 Å². The van der Waals surface area contributed by atoms with Crippen LogP contribution < -0.4 is 5.32 Å². The van der Waals surface area contributed by atoms with Crippen LogP contribution in [0.1, 0.15) is 19.1 Å². The Morgan fingerprint density at radius 1 is 1.06 bits per heavy atom. The van der Waals surface area contributed by atoms with Crippen LogP contribution in [0, 0.1) is 0 Å². The van der Waals surface area contributed by atoms with Gasteiger partial charge in [-0.1, -0.05) is 61.2 Å². The molecule has 0 unspecified atom stereocenters. The summed E-state index contributed by atoms with van der Waals surface area (Å²) in [5, 5.41) is 8.91. The van der Waals surface area contributed by atoms with Gasteiger partial charge in [0.1, 0.15) is 5.76 Å². The van der Waals surface area contributed by atoms with Crippen molar-refractivity contribution in [3.05, 3.63) is 78.8 Å². The van der Waals surface area contributed by atoms with Crippen molar-refractivity contribution in [2.24, 2.45) is 0 Å². The molecule has 0 saturated heterocycles. The van der Waals surface area contributed by atoms with Crippen molar-refractivity contribution in [1.29, 1.82) is 0 Å². The van der Waals surface area contributed by atoms with E-state index in [4.69, 9.17) is 19.5 Å². The van der Waals surface area contributed by atoms with E-state index in [1.54, 1.807) is 16.8 Å². The van der Waals surface area contributed by atoms with Gasteiger partial charge < -0.3 is 9.73 Å². The zero-order chi connectivity index (χ0) is 21.9. The van der Waals surface area contributed by atoms with Crippen molar-refractivity contribution in [2.75, 3.05) is 0 Å². The maximum Gasteiger partial charge on any atom is 0.233 e. The molecule has 5 aromatic rings. The second-order valence-corrected chi connectivity index (χ2v) is 8.43. The molecule has 2 aromatic carbocycles. The first-order valence-corrected chi connectivity index (χ1v) is 11.3. The molecule has 1 atom stereocenters. The van der Waals surface area contributed by atoms with Gasteiger partial charge in [-0.2, -0.15) is 4.52 Å². The number of para-hydroxylation sites is 1. The molecular formula is C24H21N5O2S. The van der Waals surface area contributed by atoms with Crippen LogP contribution in [0.3, 0.4) is 0 Å². The number of thioether (sulfide) groups is 1.